The number of hydrogen-bond acceptors (Lipinski definition) is 4. The number of likely N-dealkylation sites (tertiary alicyclic amines) is 1. The predicted molar refractivity (Wildman–Crippen MR) is 133 cm³/mol. The molecule has 2 N–H and O–H groups in total. The molecule has 0 radical (unpaired) electrons. The molecule has 0 aliphatic carbocycles. The lowest BCUT2D eigenvalue weighted by Gasteiger charge is -2.26. The Hall–Kier alpha value is -2.31. The largest absolute Gasteiger partial charge is 0.350 e. The van der Waals surface area contributed by atoms with Gasteiger partial charge >= 0.3 is 0 Å². The van der Waals surface area contributed by atoms with Gasteiger partial charge in [0.15, 0.2) is 0 Å². The van der Waals surface area contributed by atoms with E-state index in [4.69, 9.17) is 0 Å². The van der Waals surface area contributed by atoms with Crippen LogP contribution in [0, 0.1) is 6.92 Å². The molecule has 1 atom stereocenters. The Balaban J connectivity index is 1.53. The number of hydrogen-bond donors (Lipinski definition) is 2. The number of benzene rings is 2. The van der Waals surface area contributed by atoms with Crippen LogP contribution in [-0.2, 0) is 17.9 Å². The molecular formula is C26H35N3O2S. The maximum Gasteiger partial charge on any atom is 0.251 e. The van der Waals surface area contributed by atoms with Crippen LogP contribution in [0.1, 0.15) is 52.7 Å². The van der Waals surface area contributed by atoms with Gasteiger partial charge in [0.25, 0.3) is 5.91 Å². The van der Waals surface area contributed by atoms with E-state index in [1.54, 1.807) is 17.8 Å². The quantitative estimate of drug-likeness (QED) is 0.567. The van der Waals surface area contributed by atoms with Gasteiger partial charge in [-0.2, -0.15) is 11.8 Å². The Bertz CT molecular complexity index is 879. The predicted octanol–water partition coefficient (Wildman–Crippen LogP) is 4.15. The molecule has 1 heterocycles. The lowest BCUT2D eigenvalue weighted by Crippen LogP contribution is -2.46. The van der Waals surface area contributed by atoms with Crippen molar-refractivity contribution in [1.29, 1.82) is 0 Å². The summed E-state index contributed by atoms with van der Waals surface area (Å²) in [6, 6.07) is 15.4. The number of nitrogens with one attached hydrogen (secondary N) is 2. The summed E-state index contributed by atoms with van der Waals surface area (Å²) in [5.74, 6) is 0.451. The summed E-state index contributed by atoms with van der Waals surface area (Å²) in [7, 11) is 0. The number of carbonyl (C=O) groups is 2. The molecule has 2 amide bonds. The molecule has 0 bridgehead atoms. The average Bonchev–Trinajstić information content (AvgIpc) is 2.81. The Morgan fingerprint density at radius 2 is 1.75 bits per heavy atom. The zero-order valence-electron chi connectivity index (χ0n) is 19.2. The summed E-state index contributed by atoms with van der Waals surface area (Å²) in [5.41, 5.74) is 3.97. The fraction of sp³-hybridized carbons (Fsp3) is 0.462. The second-order valence-electron chi connectivity index (χ2n) is 8.55. The molecule has 5 nitrogen and oxygen atoms in total. The molecule has 1 unspecified atom stereocenters. The lowest BCUT2D eigenvalue weighted by atomic mass is 10.1. The van der Waals surface area contributed by atoms with E-state index in [1.807, 2.05) is 31.4 Å². The Kier molecular flexibility index (Phi) is 9.62. The highest BCUT2D eigenvalue weighted by Crippen LogP contribution is 2.14. The molecule has 1 saturated heterocycles. The van der Waals surface area contributed by atoms with Crippen LogP contribution in [0.25, 0.3) is 0 Å². The van der Waals surface area contributed by atoms with Gasteiger partial charge < -0.3 is 10.6 Å². The number of amides is 2. The third kappa shape index (κ3) is 7.68. The van der Waals surface area contributed by atoms with E-state index in [-0.39, 0.29) is 11.8 Å². The normalized spacial score (nSPS) is 15.2. The first-order valence-electron chi connectivity index (χ1n) is 11.5. The van der Waals surface area contributed by atoms with Crippen LogP contribution >= 0.6 is 11.8 Å². The molecular weight excluding hydrogens is 418 g/mol. The minimum absolute atomic E-state index is 0.141. The average molecular weight is 454 g/mol. The summed E-state index contributed by atoms with van der Waals surface area (Å²) < 4.78 is 0. The minimum atomic E-state index is -0.547. The minimum Gasteiger partial charge on any atom is -0.350 e. The second kappa shape index (κ2) is 12.7. The van der Waals surface area contributed by atoms with Gasteiger partial charge in [0.2, 0.25) is 5.91 Å². The van der Waals surface area contributed by atoms with Crippen molar-refractivity contribution in [2.45, 2.75) is 51.7 Å². The number of rotatable bonds is 10. The summed E-state index contributed by atoms with van der Waals surface area (Å²) >= 11 is 1.67. The van der Waals surface area contributed by atoms with Crippen molar-refractivity contribution in [2.75, 3.05) is 25.1 Å². The van der Waals surface area contributed by atoms with Crippen LogP contribution in [0.5, 0.6) is 0 Å². The van der Waals surface area contributed by atoms with E-state index in [2.05, 4.69) is 39.8 Å². The number of nitrogens with zero attached hydrogens (tertiary/aromatic N) is 1. The third-order valence-electron chi connectivity index (χ3n) is 5.86. The van der Waals surface area contributed by atoms with Gasteiger partial charge in [-0.05, 0) is 74.5 Å². The van der Waals surface area contributed by atoms with Gasteiger partial charge in [-0.15, -0.1) is 0 Å². The van der Waals surface area contributed by atoms with Gasteiger partial charge in [0.05, 0.1) is 0 Å². The van der Waals surface area contributed by atoms with Gasteiger partial charge in [0, 0.05) is 18.7 Å². The Morgan fingerprint density at radius 1 is 1.03 bits per heavy atom. The highest BCUT2D eigenvalue weighted by molar-refractivity contribution is 7.98. The first-order valence-corrected chi connectivity index (χ1v) is 12.9. The zero-order valence-corrected chi connectivity index (χ0v) is 20.0. The van der Waals surface area contributed by atoms with Crippen molar-refractivity contribution in [3.05, 3.63) is 70.8 Å². The highest BCUT2D eigenvalue weighted by Gasteiger charge is 2.21. The Morgan fingerprint density at radius 3 is 2.44 bits per heavy atom. The van der Waals surface area contributed by atoms with Gasteiger partial charge in [-0.1, -0.05) is 48.4 Å². The molecule has 1 aliphatic heterocycles. The lowest BCUT2D eigenvalue weighted by molar-refractivity contribution is -0.123. The monoisotopic (exact) mass is 453 g/mol. The van der Waals surface area contributed by atoms with Crippen LogP contribution in [-0.4, -0.2) is 47.9 Å². The number of aryl methyl sites for hydroxylation is 1. The topological polar surface area (TPSA) is 61.4 Å². The zero-order chi connectivity index (χ0) is 22.8. The van der Waals surface area contributed by atoms with E-state index in [1.165, 1.54) is 37.9 Å². The molecule has 0 aromatic heterocycles. The smallest absolute Gasteiger partial charge is 0.251 e. The van der Waals surface area contributed by atoms with Crippen LogP contribution in [0.2, 0.25) is 0 Å². The number of thioether (sulfide) groups is 1. The molecule has 2 aromatic carbocycles. The second-order valence-corrected chi connectivity index (χ2v) is 9.53. The van der Waals surface area contributed by atoms with Crippen molar-refractivity contribution >= 4 is 23.6 Å². The third-order valence-corrected chi connectivity index (χ3v) is 6.50. The maximum absolute atomic E-state index is 12.8. The molecule has 1 fully saturated rings. The summed E-state index contributed by atoms with van der Waals surface area (Å²) in [6.45, 7) is 5.77. The van der Waals surface area contributed by atoms with Crippen LogP contribution in [0.15, 0.2) is 48.5 Å². The number of carbonyl (C=O) groups excluding carboxylic acids is 2. The number of piperidine rings is 1. The fourth-order valence-electron chi connectivity index (χ4n) is 3.98. The van der Waals surface area contributed by atoms with Crippen molar-refractivity contribution < 1.29 is 9.59 Å². The van der Waals surface area contributed by atoms with Gasteiger partial charge in [-0.25, -0.2) is 0 Å². The van der Waals surface area contributed by atoms with Crippen LogP contribution < -0.4 is 10.6 Å². The SMILES string of the molecule is CSCCC(NC(=O)c1cccc(C)c1)C(=O)NCc1ccc(CN2CCCCC2)cc1. The van der Waals surface area contributed by atoms with E-state index in [0.717, 1.165) is 23.4 Å². The van der Waals surface area contributed by atoms with Crippen molar-refractivity contribution in [1.82, 2.24) is 15.5 Å². The molecule has 1 aliphatic rings. The van der Waals surface area contributed by atoms with Gasteiger partial charge in [-0.3, -0.25) is 14.5 Å². The van der Waals surface area contributed by atoms with Crippen LogP contribution in [0.3, 0.4) is 0 Å². The highest BCUT2D eigenvalue weighted by atomic mass is 32.2. The molecule has 0 saturated carbocycles. The molecule has 0 spiro atoms. The molecule has 172 valence electrons. The molecule has 32 heavy (non-hydrogen) atoms. The maximum atomic E-state index is 12.8. The van der Waals surface area contributed by atoms with E-state index >= 15 is 0 Å². The van der Waals surface area contributed by atoms with Crippen LogP contribution in [0.4, 0.5) is 0 Å². The van der Waals surface area contributed by atoms with Crippen molar-refractivity contribution in [3.8, 4) is 0 Å². The van der Waals surface area contributed by atoms with E-state index in [0.29, 0.717) is 18.5 Å². The fourth-order valence-corrected chi connectivity index (χ4v) is 4.45. The van der Waals surface area contributed by atoms with Gasteiger partial charge in [0.1, 0.15) is 6.04 Å². The summed E-state index contributed by atoms with van der Waals surface area (Å²) in [5, 5.41) is 5.92. The van der Waals surface area contributed by atoms with Crippen molar-refractivity contribution in [3.63, 3.8) is 0 Å². The van der Waals surface area contributed by atoms with E-state index < -0.39 is 6.04 Å². The van der Waals surface area contributed by atoms with Crippen molar-refractivity contribution in [2.24, 2.45) is 0 Å². The molecule has 3 rings (SSSR count). The molecule has 6 heteroatoms. The molecule has 2 aromatic rings. The first kappa shape index (κ1) is 24.3. The summed E-state index contributed by atoms with van der Waals surface area (Å²) in [6.07, 6.45) is 6.53. The summed E-state index contributed by atoms with van der Waals surface area (Å²) in [4.78, 5) is 28.0. The van der Waals surface area contributed by atoms with E-state index in [9.17, 15) is 9.59 Å². The standard InChI is InChI=1S/C26H35N3O2S/c1-20-7-6-8-23(17-20)25(30)28-24(13-16-32-2)26(31)27-18-21-9-11-22(12-10-21)19-29-14-4-3-5-15-29/h6-12,17,24H,3-5,13-16,18-19H2,1-2H3,(H,27,31)(H,28,30). The Labute approximate surface area is 196 Å². The first-order chi connectivity index (χ1) is 15.5.